The molecule has 3 heteroatoms. The summed E-state index contributed by atoms with van der Waals surface area (Å²) < 4.78 is 40.4. The Morgan fingerprint density at radius 1 is 1.00 bits per heavy atom. The minimum Gasteiger partial charge on any atom is -0.204 e. The van der Waals surface area contributed by atoms with Crippen molar-refractivity contribution in [2.24, 2.45) is 11.8 Å². The standard InChI is InChI=1S/C18H21F3/c1-2-11-3-5-12(6-4-11)13-7-8-15-14(9-13)10-16(19)18(21)17(15)20/h9-12H,2-8H2,1H3. The van der Waals surface area contributed by atoms with E-state index in [1.165, 1.54) is 37.7 Å². The number of fused-ring (bicyclic) bond motifs is 1. The van der Waals surface area contributed by atoms with Crippen molar-refractivity contribution in [1.82, 2.24) is 0 Å². The second-order valence-electron chi connectivity index (χ2n) is 6.40. The van der Waals surface area contributed by atoms with Crippen molar-refractivity contribution in [2.75, 3.05) is 0 Å². The molecule has 21 heavy (non-hydrogen) atoms. The molecule has 0 amide bonds. The summed E-state index contributed by atoms with van der Waals surface area (Å²) in [5.41, 5.74) is 2.16. The van der Waals surface area contributed by atoms with Crippen molar-refractivity contribution >= 4 is 6.08 Å². The van der Waals surface area contributed by atoms with Gasteiger partial charge in [-0.2, -0.15) is 0 Å². The number of hydrogen-bond acceptors (Lipinski definition) is 0. The van der Waals surface area contributed by atoms with Gasteiger partial charge in [0, 0.05) is 0 Å². The van der Waals surface area contributed by atoms with E-state index in [4.69, 9.17) is 0 Å². The third-order valence-corrected chi connectivity index (χ3v) is 5.25. The smallest absolute Gasteiger partial charge is 0.194 e. The predicted molar refractivity (Wildman–Crippen MR) is 78.4 cm³/mol. The molecule has 0 atom stereocenters. The van der Waals surface area contributed by atoms with Crippen LogP contribution in [0.1, 0.15) is 56.6 Å². The van der Waals surface area contributed by atoms with E-state index in [-0.39, 0.29) is 0 Å². The second-order valence-corrected chi connectivity index (χ2v) is 6.40. The Morgan fingerprint density at radius 2 is 1.71 bits per heavy atom. The number of rotatable bonds is 2. The summed E-state index contributed by atoms with van der Waals surface area (Å²) in [5, 5.41) is 0. The summed E-state index contributed by atoms with van der Waals surface area (Å²) in [4.78, 5) is 0. The average Bonchev–Trinajstić information content (AvgIpc) is 2.52. The predicted octanol–water partition coefficient (Wildman–Crippen LogP) is 5.65. The zero-order valence-electron chi connectivity index (χ0n) is 12.4. The highest BCUT2D eigenvalue weighted by molar-refractivity contribution is 5.60. The van der Waals surface area contributed by atoms with Gasteiger partial charge in [0.1, 0.15) is 0 Å². The SMILES string of the molecule is CCC1CCC(C2=Cc3cc(F)c(F)c(F)c3CC2)CC1. The van der Waals surface area contributed by atoms with Crippen LogP contribution in [0.25, 0.3) is 6.08 Å². The summed E-state index contributed by atoms with van der Waals surface area (Å²) >= 11 is 0. The summed E-state index contributed by atoms with van der Waals surface area (Å²) in [6.45, 7) is 2.24. The van der Waals surface area contributed by atoms with Gasteiger partial charge in [-0.25, -0.2) is 13.2 Å². The Bertz CT molecular complexity index is 566. The molecule has 3 rings (SSSR count). The van der Waals surface area contributed by atoms with Crippen LogP contribution in [0.5, 0.6) is 0 Å². The lowest BCUT2D eigenvalue weighted by atomic mass is 9.74. The quantitative estimate of drug-likeness (QED) is 0.618. The minimum atomic E-state index is -1.34. The first-order valence-corrected chi connectivity index (χ1v) is 7.97. The normalized spacial score (nSPS) is 25.4. The molecule has 0 N–H and O–H groups in total. The summed E-state index contributed by atoms with van der Waals surface area (Å²) in [5.74, 6) is -2.05. The average molecular weight is 294 g/mol. The van der Waals surface area contributed by atoms with Crippen LogP contribution in [0.3, 0.4) is 0 Å². The third kappa shape index (κ3) is 2.75. The zero-order chi connectivity index (χ0) is 15.0. The van der Waals surface area contributed by atoms with Gasteiger partial charge in [-0.3, -0.25) is 0 Å². The first-order valence-electron chi connectivity index (χ1n) is 7.97. The number of hydrogen-bond donors (Lipinski definition) is 0. The molecule has 0 aliphatic heterocycles. The molecular weight excluding hydrogens is 273 g/mol. The van der Waals surface area contributed by atoms with Gasteiger partial charge in [0.15, 0.2) is 17.5 Å². The highest BCUT2D eigenvalue weighted by atomic mass is 19.2. The molecule has 2 aliphatic rings. The molecule has 1 fully saturated rings. The van der Waals surface area contributed by atoms with Crippen LogP contribution in [-0.4, -0.2) is 0 Å². The van der Waals surface area contributed by atoms with Gasteiger partial charge in [-0.1, -0.05) is 25.0 Å². The van der Waals surface area contributed by atoms with Crippen molar-refractivity contribution in [1.29, 1.82) is 0 Å². The molecule has 0 radical (unpaired) electrons. The molecule has 0 bridgehead atoms. The van der Waals surface area contributed by atoms with E-state index in [1.54, 1.807) is 0 Å². The first-order chi connectivity index (χ1) is 10.1. The number of allylic oxidation sites excluding steroid dienone is 1. The summed E-state index contributed by atoms with van der Waals surface area (Å²) in [7, 11) is 0. The van der Waals surface area contributed by atoms with Crippen LogP contribution in [0.4, 0.5) is 13.2 Å². The van der Waals surface area contributed by atoms with Crippen LogP contribution in [0.2, 0.25) is 0 Å². The van der Waals surface area contributed by atoms with Crippen molar-refractivity contribution in [3.63, 3.8) is 0 Å². The van der Waals surface area contributed by atoms with Gasteiger partial charge in [0.2, 0.25) is 0 Å². The van der Waals surface area contributed by atoms with Crippen molar-refractivity contribution in [3.05, 3.63) is 40.2 Å². The minimum absolute atomic E-state index is 0.333. The lowest BCUT2D eigenvalue weighted by Crippen LogP contribution is -2.18. The number of benzene rings is 1. The van der Waals surface area contributed by atoms with E-state index in [9.17, 15) is 13.2 Å². The zero-order valence-corrected chi connectivity index (χ0v) is 12.4. The number of halogens is 3. The van der Waals surface area contributed by atoms with Crippen LogP contribution in [-0.2, 0) is 6.42 Å². The fourth-order valence-electron chi connectivity index (χ4n) is 3.84. The lowest BCUT2D eigenvalue weighted by molar-refractivity contribution is 0.292. The largest absolute Gasteiger partial charge is 0.204 e. The third-order valence-electron chi connectivity index (χ3n) is 5.25. The fourth-order valence-corrected chi connectivity index (χ4v) is 3.84. The van der Waals surface area contributed by atoms with Crippen LogP contribution in [0, 0.1) is 29.3 Å². The van der Waals surface area contributed by atoms with Crippen molar-refractivity contribution in [3.8, 4) is 0 Å². The summed E-state index contributed by atoms with van der Waals surface area (Å²) in [6.07, 6.45) is 9.24. The molecule has 1 aromatic carbocycles. The molecule has 0 spiro atoms. The maximum absolute atomic E-state index is 13.8. The van der Waals surface area contributed by atoms with Crippen molar-refractivity contribution in [2.45, 2.75) is 51.9 Å². The van der Waals surface area contributed by atoms with E-state index in [2.05, 4.69) is 6.92 Å². The molecule has 0 unspecified atom stereocenters. The highest BCUT2D eigenvalue weighted by Crippen LogP contribution is 2.39. The van der Waals surface area contributed by atoms with Gasteiger partial charge < -0.3 is 0 Å². The van der Waals surface area contributed by atoms with E-state index in [0.717, 1.165) is 18.4 Å². The van der Waals surface area contributed by atoms with Gasteiger partial charge >= 0.3 is 0 Å². The topological polar surface area (TPSA) is 0 Å². The molecule has 1 saturated carbocycles. The van der Waals surface area contributed by atoms with Crippen LogP contribution in [0.15, 0.2) is 11.6 Å². The van der Waals surface area contributed by atoms with Gasteiger partial charge in [-0.05, 0) is 67.6 Å². The Morgan fingerprint density at radius 3 is 2.38 bits per heavy atom. The molecule has 114 valence electrons. The first kappa shape index (κ1) is 14.7. The molecule has 0 nitrogen and oxygen atoms in total. The van der Waals surface area contributed by atoms with Crippen molar-refractivity contribution < 1.29 is 13.2 Å². The van der Waals surface area contributed by atoms with E-state index < -0.39 is 17.5 Å². The maximum Gasteiger partial charge on any atom is 0.194 e. The van der Waals surface area contributed by atoms with Gasteiger partial charge in [-0.15, -0.1) is 0 Å². The monoisotopic (exact) mass is 294 g/mol. The molecular formula is C18H21F3. The van der Waals surface area contributed by atoms with Crippen LogP contribution >= 0.6 is 0 Å². The Hall–Kier alpha value is -1.25. The van der Waals surface area contributed by atoms with E-state index >= 15 is 0 Å². The molecule has 0 aromatic heterocycles. The van der Waals surface area contributed by atoms with Gasteiger partial charge in [0.05, 0.1) is 0 Å². The lowest BCUT2D eigenvalue weighted by Gasteiger charge is -2.31. The highest BCUT2D eigenvalue weighted by Gasteiger charge is 2.27. The second kappa shape index (κ2) is 5.86. The van der Waals surface area contributed by atoms with E-state index in [0.29, 0.717) is 23.5 Å². The molecule has 1 aromatic rings. The molecule has 0 saturated heterocycles. The fraction of sp³-hybridized carbons (Fsp3) is 0.556. The van der Waals surface area contributed by atoms with Crippen LogP contribution < -0.4 is 0 Å². The maximum atomic E-state index is 13.8. The van der Waals surface area contributed by atoms with Gasteiger partial charge in [0.25, 0.3) is 0 Å². The Kier molecular flexibility index (Phi) is 4.10. The Labute approximate surface area is 124 Å². The van der Waals surface area contributed by atoms with E-state index in [1.807, 2.05) is 6.08 Å². The molecule has 0 heterocycles. The Balaban J connectivity index is 1.84. The molecule has 2 aliphatic carbocycles. The summed E-state index contributed by atoms with van der Waals surface area (Å²) in [6, 6.07) is 1.14.